The molecular formula is C10H6BrN2O2-. The summed E-state index contributed by atoms with van der Waals surface area (Å²) in [7, 11) is 0. The van der Waals surface area contributed by atoms with Crippen LogP contribution in [0, 0.1) is 0 Å². The van der Waals surface area contributed by atoms with Crippen molar-refractivity contribution >= 4 is 21.9 Å². The maximum Gasteiger partial charge on any atom is 0.107 e. The van der Waals surface area contributed by atoms with E-state index in [4.69, 9.17) is 0 Å². The normalized spacial score (nSPS) is 10.2. The Morgan fingerprint density at radius 1 is 1.33 bits per heavy atom. The van der Waals surface area contributed by atoms with Crippen LogP contribution in [0.1, 0.15) is 10.5 Å². The molecule has 1 N–H and O–H groups in total. The van der Waals surface area contributed by atoms with Crippen molar-refractivity contribution < 1.29 is 9.90 Å². The molecule has 5 heteroatoms. The molecule has 0 saturated heterocycles. The Hall–Kier alpha value is -1.62. The lowest BCUT2D eigenvalue weighted by atomic mass is 10.1. The largest absolute Gasteiger partial charge is 0.543 e. The molecule has 1 heterocycles. The number of carbonyl (C=O) groups excluding carboxylic acids is 1. The maximum atomic E-state index is 10.7. The standard InChI is InChI=1S/C10H7BrN2O2/c11-7-8(6-4-2-1-3-5-6)12-13-9(7)10(14)15/h1-5H,(H,12,13)(H,14,15)/p-1. The molecule has 0 saturated carbocycles. The predicted octanol–water partition coefficient (Wildman–Crippen LogP) is 1.20. The number of hydrogen-bond donors (Lipinski definition) is 1. The van der Waals surface area contributed by atoms with E-state index in [2.05, 4.69) is 26.1 Å². The number of benzene rings is 1. The number of nitrogens with one attached hydrogen (secondary N) is 1. The average Bonchev–Trinajstić information content (AvgIpc) is 2.61. The minimum atomic E-state index is -1.28. The molecule has 15 heavy (non-hydrogen) atoms. The van der Waals surface area contributed by atoms with Crippen molar-refractivity contribution in [2.45, 2.75) is 0 Å². The summed E-state index contributed by atoms with van der Waals surface area (Å²) in [4.78, 5) is 10.7. The van der Waals surface area contributed by atoms with Gasteiger partial charge in [-0.05, 0) is 15.9 Å². The fraction of sp³-hybridized carbons (Fsp3) is 0. The zero-order valence-electron chi connectivity index (χ0n) is 7.53. The third-order valence-corrected chi connectivity index (χ3v) is 2.73. The minimum absolute atomic E-state index is 0.0474. The highest BCUT2D eigenvalue weighted by atomic mass is 79.9. The summed E-state index contributed by atoms with van der Waals surface area (Å²) < 4.78 is 0.411. The van der Waals surface area contributed by atoms with Crippen molar-refractivity contribution in [3.8, 4) is 11.3 Å². The first-order valence-corrected chi connectivity index (χ1v) is 5.00. The quantitative estimate of drug-likeness (QED) is 0.888. The Balaban J connectivity index is 2.52. The van der Waals surface area contributed by atoms with Crippen LogP contribution in [-0.4, -0.2) is 16.2 Å². The Morgan fingerprint density at radius 3 is 2.53 bits per heavy atom. The number of aromatic nitrogens is 2. The Bertz CT molecular complexity index is 493. The molecule has 76 valence electrons. The van der Waals surface area contributed by atoms with E-state index in [9.17, 15) is 9.90 Å². The highest BCUT2D eigenvalue weighted by Gasteiger charge is 2.12. The topological polar surface area (TPSA) is 68.8 Å². The van der Waals surface area contributed by atoms with Crippen LogP contribution >= 0.6 is 15.9 Å². The molecule has 4 nitrogen and oxygen atoms in total. The second kappa shape index (κ2) is 3.86. The van der Waals surface area contributed by atoms with Crippen molar-refractivity contribution in [2.75, 3.05) is 0 Å². The SMILES string of the molecule is O=C([O-])c1[nH]nc(-c2ccccc2)c1Br. The average molecular weight is 266 g/mol. The van der Waals surface area contributed by atoms with E-state index in [1.165, 1.54) is 0 Å². The summed E-state index contributed by atoms with van der Waals surface area (Å²) in [5, 5.41) is 17.0. The molecule has 0 amide bonds. The fourth-order valence-corrected chi connectivity index (χ4v) is 1.82. The van der Waals surface area contributed by atoms with Gasteiger partial charge in [0.25, 0.3) is 0 Å². The zero-order chi connectivity index (χ0) is 10.8. The van der Waals surface area contributed by atoms with Gasteiger partial charge in [-0.3, -0.25) is 5.10 Å². The lowest BCUT2D eigenvalue weighted by molar-refractivity contribution is -0.255. The second-order valence-corrected chi connectivity index (χ2v) is 3.71. The summed E-state index contributed by atoms with van der Waals surface area (Å²) in [6, 6.07) is 9.29. The van der Waals surface area contributed by atoms with E-state index in [0.717, 1.165) is 5.56 Å². The molecule has 0 aliphatic carbocycles. The van der Waals surface area contributed by atoms with Crippen LogP contribution < -0.4 is 5.11 Å². The number of aromatic amines is 1. The third kappa shape index (κ3) is 1.78. The lowest BCUT2D eigenvalue weighted by Gasteiger charge is -1.99. The molecule has 0 bridgehead atoms. The van der Waals surface area contributed by atoms with Crippen molar-refractivity contribution in [3.05, 3.63) is 40.5 Å². The van der Waals surface area contributed by atoms with Crippen molar-refractivity contribution in [1.29, 1.82) is 0 Å². The number of rotatable bonds is 2. The molecule has 0 aliphatic heterocycles. The number of carboxylic acids is 1. The zero-order valence-corrected chi connectivity index (χ0v) is 9.11. The third-order valence-electron chi connectivity index (χ3n) is 1.96. The molecular weight excluding hydrogens is 260 g/mol. The van der Waals surface area contributed by atoms with Gasteiger partial charge in [0.1, 0.15) is 5.69 Å². The smallest absolute Gasteiger partial charge is 0.107 e. The van der Waals surface area contributed by atoms with Gasteiger partial charge in [-0.25, -0.2) is 0 Å². The number of nitrogens with zero attached hydrogens (tertiary/aromatic N) is 1. The summed E-state index contributed by atoms with van der Waals surface area (Å²) in [6.07, 6.45) is 0. The van der Waals surface area contributed by atoms with Crippen molar-refractivity contribution in [3.63, 3.8) is 0 Å². The first-order valence-electron chi connectivity index (χ1n) is 4.21. The van der Waals surface area contributed by atoms with Gasteiger partial charge in [0, 0.05) is 5.56 Å². The van der Waals surface area contributed by atoms with E-state index in [1.807, 2.05) is 30.3 Å². The van der Waals surface area contributed by atoms with Gasteiger partial charge in [-0.2, -0.15) is 5.10 Å². The highest BCUT2D eigenvalue weighted by molar-refractivity contribution is 9.10. The van der Waals surface area contributed by atoms with E-state index in [0.29, 0.717) is 10.2 Å². The Morgan fingerprint density at radius 2 is 2.00 bits per heavy atom. The number of halogens is 1. The predicted molar refractivity (Wildman–Crippen MR) is 56.1 cm³/mol. The molecule has 1 aromatic carbocycles. The van der Waals surface area contributed by atoms with E-state index >= 15 is 0 Å². The van der Waals surface area contributed by atoms with Gasteiger partial charge in [0.2, 0.25) is 0 Å². The number of H-pyrrole nitrogens is 1. The molecule has 0 spiro atoms. The van der Waals surface area contributed by atoms with Gasteiger partial charge < -0.3 is 9.90 Å². The summed E-state index contributed by atoms with van der Waals surface area (Å²) >= 11 is 3.17. The minimum Gasteiger partial charge on any atom is -0.543 e. The Labute approximate surface area is 94.1 Å². The molecule has 0 unspecified atom stereocenters. The van der Waals surface area contributed by atoms with Gasteiger partial charge in [-0.1, -0.05) is 30.3 Å². The molecule has 0 aliphatic rings. The molecule has 0 radical (unpaired) electrons. The van der Waals surface area contributed by atoms with E-state index < -0.39 is 5.97 Å². The van der Waals surface area contributed by atoms with E-state index in [-0.39, 0.29) is 5.69 Å². The molecule has 2 aromatic rings. The van der Waals surface area contributed by atoms with Crippen LogP contribution in [-0.2, 0) is 0 Å². The highest BCUT2D eigenvalue weighted by Crippen LogP contribution is 2.28. The van der Waals surface area contributed by atoms with Crippen LogP contribution in [0.3, 0.4) is 0 Å². The maximum absolute atomic E-state index is 10.7. The molecule has 2 rings (SSSR count). The van der Waals surface area contributed by atoms with Crippen LogP contribution in [0.15, 0.2) is 34.8 Å². The van der Waals surface area contributed by atoms with Crippen LogP contribution in [0.25, 0.3) is 11.3 Å². The van der Waals surface area contributed by atoms with Crippen LogP contribution in [0.2, 0.25) is 0 Å². The number of hydrogen-bond acceptors (Lipinski definition) is 3. The lowest BCUT2D eigenvalue weighted by Crippen LogP contribution is -2.23. The van der Waals surface area contributed by atoms with Crippen LogP contribution in [0.5, 0.6) is 0 Å². The van der Waals surface area contributed by atoms with Gasteiger partial charge in [0.05, 0.1) is 16.1 Å². The van der Waals surface area contributed by atoms with Gasteiger partial charge in [0.15, 0.2) is 0 Å². The monoisotopic (exact) mass is 265 g/mol. The molecule has 1 aromatic heterocycles. The fourth-order valence-electron chi connectivity index (χ4n) is 1.25. The van der Waals surface area contributed by atoms with E-state index in [1.54, 1.807) is 0 Å². The van der Waals surface area contributed by atoms with Gasteiger partial charge >= 0.3 is 0 Å². The van der Waals surface area contributed by atoms with Crippen molar-refractivity contribution in [2.24, 2.45) is 0 Å². The van der Waals surface area contributed by atoms with Gasteiger partial charge in [-0.15, -0.1) is 0 Å². The summed E-state index contributed by atoms with van der Waals surface area (Å²) in [5.41, 5.74) is 1.36. The first-order chi connectivity index (χ1) is 7.20. The number of carbonyl (C=O) groups is 1. The molecule has 0 fully saturated rings. The summed E-state index contributed by atoms with van der Waals surface area (Å²) in [6.45, 7) is 0. The van der Waals surface area contributed by atoms with Crippen molar-refractivity contribution in [1.82, 2.24) is 10.2 Å². The summed E-state index contributed by atoms with van der Waals surface area (Å²) in [5.74, 6) is -1.28. The number of aromatic carboxylic acids is 1. The Kier molecular flexibility index (Phi) is 2.55. The first kappa shape index (κ1) is 9.92. The molecule has 0 atom stereocenters. The number of carboxylic acid groups (broad SMARTS) is 1. The van der Waals surface area contributed by atoms with Crippen LogP contribution in [0.4, 0.5) is 0 Å². The second-order valence-electron chi connectivity index (χ2n) is 2.91.